The van der Waals surface area contributed by atoms with Crippen LogP contribution in [0.5, 0.6) is 11.5 Å². The van der Waals surface area contributed by atoms with Gasteiger partial charge in [0.05, 0.1) is 11.1 Å². The van der Waals surface area contributed by atoms with Crippen molar-refractivity contribution in [3.8, 4) is 11.5 Å². The molecule has 0 spiro atoms. The number of nitrogens with two attached hydrogens (primary N) is 2. The average molecular weight is 304 g/mol. The molecule has 118 valence electrons. The maximum Gasteiger partial charge on any atom is 0.153 e. The van der Waals surface area contributed by atoms with Crippen LogP contribution in [0.4, 0.5) is 0 Å². The first kappa shape index (κ1) is 19.3. The Hall–Kier alpha value is -2.70. The fourth-order valence-electron chi connectivity index (χ4n) is 1.17. The number of benzene rings is 2. The molecule has 2 aromatic carbocycles. The van der Waals surface area contributed by atoms with Crippen molar-refractivity contribution in [2.75, 3.05) is 13.1 Å². The van der Waals surface area contributed by atoms with Crippen LogP contribution in [0.1, 0.15) is 20.7 Å². The van der Waals surface area contributed by atoms with Gasteiger partial charge in [0.15, 0.2) is 12.6 Å². The zero-order valence-corrected chi connectivity index (χ0v) is 12.1. The summed E-state index contributed by atoms with van der Waals surface area (Å²) in [6.45, 7) is 1.19. The largest absolute Gasteiger partial charge is 0.507 e. The Balaban J connectivity index is 0.000000326. The van der Waals surface area contributed by atoms with Gasteiger partial charge >= 0.3 is 0 Å². The van der Waals surface area contributed by atoms with Crippen molar-refractivity contribution in [3.05, 3.63) is 59.7 Å². The molecule has 0 aliphatic heterocycles. The molecular weight excluding hydrogens is 284 g/mol. The molecule has 22 heavy (non-hydrogen) atoms. The van der Waals surface area contributed by atoms with E-state index in [4.69, 9.17) is 21.7 Å². The van der Waals surface area contributed by atoms with Crippen LogP contribution < -0.4 is 11.5 Å². The molecule has 0 saturated heterocycles. The smallest absolute Gasteiger partial charge is 0.153 e. The highest BCUT2D eigenvalue weighted by Gasteiger charge is 1.93. The van der Waals surface area contributed by atoms with Crippen LogP contribution in [-0.2, 0) is 0 Å². The lowest BCUT2D eigenvalue weighted by molar-refractivity contribution is 0.111. The number of para-hydroxylation sites is 2. The fraction of sp³-hybridized carbons (Fsp3) is 0.125. The minimum atomic E-state index is 0.0347. The number of hydrogen-bond acceptors (Lipinski definition) is 6. The van der Waals surface area contributed by atoms with Gasteiger partial charge in [-0.1, -0.05) is 24.3 Å². The summed E-state index contributed by atoms with van der Waals surface area (Å²) in [5.41, 5.74) is 10.5. The molecule has 0 bridgehead atoms. The number of carbonyl (C=O) groups excluding carboxylic acids is 2. The van der Waals surface area contributed by atoms with Gasteiger partial charge in [-0.25, -0.2) is 0 Å². The van der Waals surface area contributed by atoms with Crippen LogP contribution in [0.15, 0.2) is 48.5 Å². The van der Waals surface area contributed by atoms with Gasteiger partial charge in [0.2, 0.25) is 0 Å². The van der Waals surface area contributed by atoms with E-state index in [0.29, 0.717) is 36.8 Å². The Kier molecular flexibility index (Phi) is 10.6. The van der Waals surface area contributed by atoms with Gasteiger partial charge in [0.25, 0.3) is 0 Å². The highest BCUT2D eigenvalue weighted by molar-refractivity contribution is 5.79. The summed E-state index contributed by atoms with van der Waals surface area (Å²) in [5.74, 6) is 0.0694. The molecule has 0 saturated carbocycles. The van der Waals surface area contributed by atoms with Gasteiger partial charge in [0, 0.05) is 13.1 Å². The van der Waals surface area contributed by atoms with E-state index in [0.717, 1.165) is 0 Å². The zero-order chi connectivity index (χ0) is 16.8. The summed E-state index contributed by atoms with van der Waals surface area (Å²) in [6, 6.07) is 12.8. The maximum absolute atomic E-state index is 10.1. The molecule has 0 fully saturated rings. The topological polar surface area (TPSA) is 127 Å². The maximum atomic E-state index is 10.1. The Morgan fingerprint density at radius 2 is 1.05 bits per heavy atom. The first-order valence-corrected chi connectivity index (χ1v) is 6.47. The number of hydrogen-bond donors (Lipinski definition) is 4. The summed E-state index contributed by atoms with van der Waals surface area (Å²) in [4.78, 5) is 20.1. The van der Waals surface area contributed by atoms with Crippen LogP contribution in [-0.4, -0.2) is 35.9 Å². The lowest BCUT2D eigenvalue weighted by atomic mass is 10.2. The van der Waals surface area contributed by atoms with E-state index in [9.17, 15) is 9.59 Å². The second-order valence-corrected chi connectivity index (χ2v) is 3.93. The second kappa shape index (κ2) is 12.1. The molecular formula is C16H20N2O4. The summed E-state index contributed by atoms with van der Waals surface area (Å²) >= 11 is 0. The average Bonchev–Trinajstić information content (AvgIpc) is 2.56. The Morgan fingerprint density at radius 3 is 1.23 bits per heavy atom. The molecule has 0 amide bonds. The molecule has 6 nitrogen and oxygen atoms in total. The molecule has 0 unspecified atom stereocenters. The third-order valence-corrected chi connectivity index (χ3v) is 2.29. The lowest BCUT2D eigenvalue weighted by Crippen LogP contribution is -2.11. The van der Waals surface area contributed by atoms with E-state index >= 15 is 0 Å². The van der Waals surface area contributed by atoms with Crippen molar-refractivity contribution in [2.24, 2.45) is 11.5 Å². The highest BCUT2D eigenvalue weighted by atomic mass is 16.3. The van der Waals surface area contributed by atoms with E-state index < -0.39 is 0 Å². The van der Waals surface area contributed by atoms with E-state index in [-0.39, 0.29) is 11.5 Å². The minimum Gasteiger partial charge on any atom is -0.507 e. The Morgan fingerprint density at radius 1 is 0.727 bits per heavy atom. The first-order chi connectivity index (χ1) is 10.6. The summed E-state index contributed by atoms with van der Waals surface area (Å²) < 4.78 is 0. The zero-order valence-electron chi connectivity index (χ0n) is 12.1. The monoisotopic (exact) mass is 304 g/mol. The van der Waals surface area contributed by atoms with Crippen molar-refractivity contribution < 1.29 is 19.8 Å². The van der Waals surface area contributed by atoms with Crippen LogP contribution in [0.25, 0.3) is 0 Å². The van der Waals surface area contributed by atoms with Crippen molar-refractivity contribution in [2.45, 2.75) is 0 Å². The second-order valence-electron chi connectivity index (χ2n) is 3.93. The van der Waals surface area contributed by atoms with E-state index in [1.54, 1.807) is 36.4 Å². The number of aromatic hydroxyl groups is 2. The summed E-state index contributed by atoms with van der Waals surface area (Å²) in [7, 11) is 0. The quantitative estimate of drug-likeness (QED) is 0.633. The van der Waals surface area contributed by atoms with Crippen LogP contribution >= 0.6 is 0 Å². The summed E-state index contributed by atoms with van der Waals surface area (Å²) in [5, 5.41) is 17.8. The van der Waals surface area contributed by atoms with Crippen molar-refractivity contribution in [3.63, 3.8) is 0 Å². The number of phenolic OH excluding ortho intramolecular Hbond substituents is 2. The fourth-order valence-corrected chi connectivity index (χ4v) is 1.17. The summed E-state index contributed by atoms with van der Waals surface area (Å²) in [6.07, 6.45) is 1.24. The van der Waals surface area contributed by atoms with Crippen molar-refractivity contribution in [1.82, 2.24) is 0 Å². The van der Waals surface area contributed by atoms with E-state index in [1.165, 1.54) is 12.1 Å². The first-order valence-electron chi connectivity index (χ1n) is 6.47. The van der Waals surface area contributed by atoms with Crippen LogP contribution in [0.3, 0.4) is 0 Å². The Bertz CT molecular complexity index is 522. The van der Waals surface area contributed by atoms with Crippen molar-refractivity contribution >= 4 is 12.6 Å². The standard InChI is InChI=1S/2C7H6O2.C2H8N2/c2*8-5-6-3-1-2-4-7(6)9;3-1-2-4/h2*1-5,9H;1-4H2. The molecule has 6 heteroatoms. The third kappa shape index (κ3) is 7.78. The number of aldehydes is 2. The highest BCUT2D eigenvalue weighted by Crippen LogP contribution is 2.12. The normalized spacial score (nSPS) is 8.64. The molecule has 0 aliphatic carbocycles. The van der Waals surface area contributed by atoms with Gasteiger partial charge in [-0.2, -0.15) is 0 Å². The van der Waals surface area contributed by atoms with Gasteiger partial charge in [-0.05, 0) is 24.3 Å². The molecule has 0 atom stereocenters. The molecule has 2 rings (SSSR count). The SMILES string of the molecule is NCCN.O=Cc1ccccc1O.O=Cc1ccccc1O. The van der Waals surface area contributed by atoms with Crippen LogP contribution in [0.2, 0.25) is 0 Å². The molecule has 2 aromatic rings. The molecule has 0 heterocycles. The van der Waals surface area contributed by atoms with E-state index in [2.05, 4.69) is 0 Å². The molecule has 0 aliphatic rings. The van der Waals surface area contributed by atoms with E-state index in [1.807, 2.05) is 0 Å². The van der Waals surface area contributed by atoms with Crippen LogP contribution in [0, 0.1) is 0 Å². The minimum absolute atomic E-state index is 0.0347. The Labute approximate surface area is 129 Å². The van der Waals surface area contributed by atoms with Gasteiger partial charge in [-0.3, -0.25) is 9.59 Å². The predicted molar refractivity (Wildman–Crippen MR) is 85.1 cm³/mol. The van der Waals surface area contributed by atoms with Crippen molar-refractivity contribution in [1.29, 1.82) is 0 Å². The van der Waals surface area contributed by atoms with Gasteiger partial charge < -0.3 is 21.7 Å². The third-order valence-electron chi connectivity index (χ3n) is 2.29. The number of phenols is 2. The molecule has 0 aromatic heterocycles. The number of rotatable bonds is 3. The number of carbonyl (C=O) groups is 2. The van der Waals surface area contributed by atoms with Gasteiger partial charge in [0.1, 0.15) is 11.5 Å². The van der Waals surface area contributed by atoms with Gasteiger partial charge in [-0.15, -0.1) is 0 Å². The lowest BCUT2D eigenvalue weighted by Gasteiger charge is -1.91. The molecule has 0 radical (unpaired) electrons. The predicted octanol–water partition coefficient (Wildman–Crippen LogP) is 1.31. The molecule has 6 N–H and O–H groups in total.